The molecule has 1 rings (SSSR count). The molecule has 0 aromatic carbocycles. The number of nitrogens with one attached hydrogen (secondary N) is 1. The van der Waals surface area contributed by atoms with Gasteiger partial charge in [-0.3, -0.25) is 4.68 Å². The van der Waals surface area contributed by atoms with Crippen molar-refractivity contribution in [2.75, 3.05) is 27.4 Å². The second-order valence-electron chi connectivity index (χ2n) is 5.37. The maximum absolute atomic E-state index is 6.32. The zero-order chi connectivity index (χ0) is 15.2. The summed E-state index contributed by atoms with van der Waals surface area (Å²) in [5.41, 5.74) is 0.766. The van der Waals surface area contributed by atoms with Crippen LogP contribution in [0.25, 0.3) is 0 Å². The van der Waals surface area contributed by atoms with Crippen molar-refractivity contribution in [3.8, 4) is 0 Å². The van der Waals surface area contributed by atoms with Crippen molar-refractivity contribution in [2.45, 2.75) is 45.4 Å². The summed E-state index contributed by atoms with van der Waals surface area (Å²) in [5.74, 6) is 0. The quantitative estimate of drug-likeness (QED) is 0.762. The van der Waals surface area contributed by atoms with Crippen LogP contribution in [0.15, 0.2) is 6.20 Å². The molecule has 20 heavy (non-hydrogen) atoms. The fourth-order valence-electron chi connectivity index (χ4n) is 2.16. The molecule has 0 spiro atoms. The van der Waals surface area contributed by atoms with Crippen molar-refractivity contribution in [1.82, 2.24) is 15.1 Å². The van der Waals surface area contributed by atoms with Crippen molar-refractivity contribution in [2.24, 2.45) is 0 Å². The fraction of sp³-hybridized carbons (Fsp3) is 0.786. The molecule has 1 heterocycles. The first-order valence-corrected chi connectivity index (χ1v) is 7.31. The highest BCUT2D eigenvalue weighted by Gasteiger charge is 2.27. The zero-order valence-corrected chi connectivity index (χ0v) is 13.8. The van der Waals surface area contributed by atoms with Crippen LogP contribution >= 0.6 is 11.6 Å². The van der Waals surface area contributed by atoms with Gasteiger partial charge in [-0.25, -0.2) is 0 Å². The predicted molar refractivity (Wildman–Crippen MR) is 81.2 cm³/mol. The molecule has 1 unspecified atom stereocenters. The predicted octanol–water partition coefficient (Wildman–Crippen LogP) is 2.65. The van der Waals surface area contributed by atoms with Gasteiger partial charge in [-0.1, -0.05) is 18.5 Å². The van der Waals surface area contributed by atoms with Crippen LogP contribution in [0, 0.1) is 0 Å². The molecule has 1 aromatic heterocycles. The number of hydrogen-bond donors (Lipinski definition) is 1. The summed E-state index contributed by atoms with van der Waals surface area (Å²) in [6.45, 7) is 8.38. The van der Waals surface area contributed by atoms with Gasteiger partial charge in [0.05, 0.1) is 41.7 Å². The minimum absolute atomic E-state index is 0.0989. The summed E-state index contributed by atoms with van der Waals surface area (Å²) < 4.78 is 12.6. The van der Waals surface area contributed by atoms with E-state index in [0.29, 0.717) is 18.2 Å². The van der Waals surface area contributed by atoms with Gasteiger partial charge in [0, 0.05) is 14.2 Å². The van der Waals surface area contributed by atoms with E-state index in [9.17, 15) is 0 Å². The van der Waals surface area contributed by atoms with Crippen molar-refractivity contribution >= 4 is 11.6 Å². The molecule has 5 nitrogen and oxygen atoms in total. The summed E-state index contributed by atoms with van der Waals surface area (Å²) in [5, 5.41) is 8.48. The molecule has 0 fully saturated rings. The molecule has 116 valence electrons. The largest absolute Gasteiger partial charge is 0.383 e. The van der Waals surface area contributed by atoms with Gasteiger partial charge >= 0.3 is 0 Å². The Morgan fingerprint density at radius 1 is 1.45 bits per heavy atom. The summed E-state index contributed by atoms with van der Waals surface area (Å²) >= 11 is 6.32. The van der Waals surface area contributed by atoms with Crippen LogP contribution in [-0.2, 0) is 16.0 Å². The fourth-order valence-corrected chi connectivity index (χ4v) is 2.43. The highest BCUT2D eigenvalue weighted by atomic mass is 35.5. The minimum atomic E-state index is -0.230. The van der Waals surface area contributed by atoms with Crippen LogP contribution < -0.4 is 5.32 Å². The lowest BCUT2D eigenvalue weighted by Gasteiger charge is -2.29. The lowest BCUT2D eigenvalue weighted by atomic mass is 9.96. The smallest absolute Gasteiger partial charge is 0.0834 e. The SMILES string of the molecule is CCNC(CC(C)(C)OC)c1c(Cl)cnn1CCOC. The molecular weight excluding hydrogens is 278 g/mol. The van der Waals surface area contributed by atoms with Crippen molar-refractivity contribution < 1.29 is 9.47 Å². The molecule has 0 aliphatic heterocycles. The number of hydrogen-bond acceptors (Lipinski definition) is 4. The zero-order valence-electron chi connectivity index (χ0n) is 13.1. The molecule has 0 aliphatic carbocycles. The third-order valence-corrected chi connectivity index (χ3v) is 3.66. The van der Waals surface area contributed by atoms with E-state index in [4.69, 9.17) is 21.1 Å². The Bertz CT molecular complexity index is 407. The molecule has 1 atom stereocenters. The molecule has 0 bridgehead atoms. The molecule has 0 saturated heterocycles. The van der Waals surface area contributed by atoms with Gasteiger partial charge in [0.15, 0.2) is 0 Å². The lowest BCUT2D eigenvalue weighted by molar-refractivity contribution is 0.00618. The van der Waals surface area contributed by atoms with Crippen LogP contribution in [0.2, 0.25) is 5.02 Å². The van der Waals surface area contributed by atoms with Crippen LogP contribution in [0.3, 0.4) is 0 Å². The molecule has 6 heteroatoms. The van der Waals surface area contributed by atoms with E-state index >= 15 is 0 Å². The van der Waals surface area contributed by atoms with Crippen LogP contribution in [0.5, 0.6) is 0 Å². The monoisotopic (exact) mass is 303 g/mol. The first kappa shape index (κ1) is 17.4. The minimum Gasteiger partial charge on any atom is -0.383 e. The van der Waals surface area contributed by atoms with E-state index < -0.39 is 0 Å². The summed E-state index contributed by atoms with van der Waals surface area (Å²) in [7, 11) is 3.41. The normalized spacial score (nSPS) is 13.7. The summed E-state index contributed by atoms with van der Waals surface area (Å²) in [6, 6.07) is 0.0989. The van der Waals surface area contributed by atoms with Gasteiger partial charge < -0.3 is 14.8 Å². The standard InChI is InChI=1S/C14H26ClN3O2/c1-6-16-12(9-14(2,3)20-5)13-11(15)10-17-18(13)7-8-19-4/h10,12,16H,6-9H2,1-5H3. The third kappa shape index (κ3) is 4.74. The van der Waals surface area contributed by atoms with E-state index in [0.717, 1.165) is 18.7 Å². The van der Waals surface area contributed by atoms with E-state index in [1.807, 2.05) is 4.68 Å². The topological polar surface area (TPSA) is 48.3 Å². The number of aromatic nitrogens is 2. The summed E-state index contributed by atoms with van der Waals surface area (Å²) in [6.07, 6.45) is 2.51. The van der Waals surface area contributed by atoms with Gasteiger partial charge in [-0.05, 0) is 26.8 Å². The Hall–Kier alpha value is -0.620. The number of nitrogens with zero attached hydrogens (tertiary/aromatic N) is 2. The third-order valence-electron chi connectivity index (χ3n) is 3.37. The maximum atomic E-state index is 6.32. The Kier molecular flexibility index (Phi) is 6.95. The molecule has 1 aromatic rings. The van der Waals surface area contributed by atoms with Crippen LogP contribution in [0.4, 0.5) is 0 Å². The Morgan fingerprint density at radius 3 is 2.70 bits per heavy atom. The van der Waals surface area contributed by atoms with Crippen molar-refractivity contribution in [3.63, 3.8) is 0 Å². The lowest BCUT2D eigenvalue weighted by Crippen LogP contribution is -2.33. The Labute approximate surface area is 126 Å². The molecular formula is C14H26ClN3O2. The Morgan fingerprint density at radius 2 is 2.15 bits per heavy atom. The van der Waals surface area contributed by atoms with E-state index in [2.05, 4.69) is 31.2 Å². The van der Waals surface area contributed by atoms with Gasteiger partial charge in [-0.2, -0.15) is 5.10 Å². The maximum Gasteiger partial charge on any atom is 0.0834 e. The number of halogens is 1. The van der Waals surface area contributed by atoms with Gasteiger partial charge in [0.1, 0.15) is 0 Å². The molecule has 0 aliphatic rings. The first-order chi connectivity index (χ1) is 9.45. The summed E-state index contributed by atoms with van der Waals surface area (Å²) in [4.78, 5) is 0. The van der Waals surface area contributed by atoms with Crippen LogP contribution in [-0.4, -0.2) is 42.8 Å². The highest BCUT2D eigenvalue weighted by Crippen LogP contribution is 2.30. The second kappa shape index (κ2) is 7.98. The average Bonchev–Trinajstić information content (AvgIpc) is 2.77. The van der Waals surface area contributed by atoms with E-state index in [1.165, 1.54) is 0 Å². The average molecular weight is 304 g/mol. The van der Waals surface area contributed by atoms with E-state index in [1.54, 1.807) is 20.4 Å². The highest BCUT2D eigenvalue weighted by molar-refractivity contribution is 6.31. The van der Waals surface area contributed by atoms with Gasteiger partial charge in [0.2, 0.25) is 0 Å². The molecule has 0 radical (unpaired) electrons. The van der Waals surface area contributed by atoms with E-state index in [-0.39, 0.29) is 11.6 Å². The van der Waals surface area contributed by atoms with Gasteiger partial charge in [0.25, 0.3) is 0 Å². The molecule has 1 N–H and O–H groups in total. The number of methoxy groups -OCH3 is 2. The van der Waals surface area contributed by atoms with Crippen LogP contribution in [0.1, 0.15) is 38.9 Å². The second-order valence-corrected chi connectivity index (χ2v) is 5.78. The number of rotatable bonds is 9. The van der Waals surface area contributed by atoms with Gasteiger partial charge in [-0.15, -0.1) is 0 Å². The first-order valence-electron chi connectivity index (χ1n) is 6.93. The molecule has 0 amide bonds. The van der Waals surface area contributed by atoms with Crippen molar-refractivity contribution in [1.29, 1.82) is 0 Å². The molecule has 0 saturated carbocycles. The number of ether oxygens (including phenoxy) is 2. The Balaban J connectivity index is 2.98. The van der Waals surface area contributed by atoms with Crippen molar-refractivity contribution in [3.05, 3.63) is 16.9 Å².